The smallest absolute Gasteiger partial charge is 0.202 e. The van der Waals surface area contributed by atoms with Crippen LogP contribution in [0.3, 0.4) is 0 Å². The third kappa shape index (κ3) is 3.02. The predicted octanol–water partition coefficient (Wildman–Crippen LogP) is 4.10. The first kappa shape index (κ1) is 12.0. The summed E-state index contributed by atoms with van der Waals surface area (Å²) in [5.41, 5.74) is 0. The molecule has 86 valence electrons. The van der Waals surface area contributed by atoms with Gasteiger partial charge in [0.05, 0.1) is 10.3 Å². The third-order valence-corrected chi connectivity index (χ3v) is 4.31. The van der Waals surface area contributed by atoms with E-state index in [1.165, 1.54) is 16.4 Å². The van der Waals surface area contributed by atoms with Crippen LogP contribution in [0.25, 0.3) is 0 Å². The van der Waals surface area contributed by atoms with E-state index in [2.05, 4.69) is 56.6 Å². The molecule has 0 aliphatic carbocycles. The average molecular weight is 318 g/mol. The van der Waals surface area contributed by atoms with Crippen molar-refractivity contribution in [3.8, 4) is 0 Å². The molecule has 0 bridgehead atoms. The summed E-state index contributed by atoms with van der Waals surface area (Å²) in [7, 11) is 0. The molecule has 0 aliphatic heterocycles. The molecule has 0 fully saturated rings. The topological polar surface area (TPSA) is 37.8 Å². The standard InChI is InChI=1S/C10H12BrN3S2/c1-6(2)9-13-10(16-14-9)12-5-7-3-4-8(11)15-7/h3-4,6H,5H2,1-2H3,(H,12,13,14). The van der Waals surface area contributed by atoms with E-state index in [0.717, 1.165) is 21.3 Å². The minimum Gasteiger partial charge on any atom is -0.355 e. The summed E-state index contributed by atoms with van der Waals surface area (Å²) < 4.78 is 5.45. The normalized spacial score (nSPS) is 11.0. The Labute approximate surface area is 111 Å². The molecule has 1 N–H and O–H groups in total. The third-order valence-electron chi connectivity index (χ3n) is 2.00. The molecule has 6 heteroatoms. The van der Waals surface area contributed by atoms with Crippen molar-refractivity contribution in [3.63, 3.8) is 0 Å². The average Bonchev–Trinajstić information content (AvgIpc) is 2.83. The summed E-state index contributed by atoms with van der Waals surface area (Å²) in [6.45, 7) is 5.01. The Hall–Kier alpha value is -0.460. The maximum Gasteiger partial charge on any atom is 0.202 e. The van der Waals surface area contributed by atoms with Crippen LogP contribution in [-0.4, -0.2) is 9.36 Å². The van der Waals surface area contributed by atoms with Gasteiger partial charge in [0.1, 0.15) is 5.82 Å². The number of aromatic nitrogens is 2. The minimum atomic E-state index is 0.391. The van der Waals surface area contributed by atoms with Crippen LogP contribution >= 0.6 is 38.8 Å². The summed E-state index contributed by atoms with van der Waals surface area (Å²) >= 11 is 6.60. The van der Waals surface area contributed by atoms with Crippen LogP contribution in [0.2, 0.25) is 0 Å². The van der Waals surface area contributed by atoms with Crippen LogP contribution < -0.4 is 5.32 Å². The van der Waals surface area contributed by atoms with Gasteiger partial charge in [0.2, 0.25) is 5.13 Å². The van der Waals surface area contributed by atoms with Crippen molar-refractivity contribution in [1.29, 1.82) is 0 Å². The van der Waals surface area contributed by atoms with E-state index in [0.29, 0.717) is 5.92 Å². The Morgan fingerprint density at radius 1 is 1.44 bits per heavy atom. The zero-order valence-electron chi connectivity index (χ0n) is 9.03. The van der Waals surface area contributed by atoms with E-state index < -0.39 is 0 Å². The summed E-state index contributed by atoms with van der Waals surface area (Å²) in [4.78, 5) is 5.71. The molecule has 0 unspecified atom stereocenters. The minimum absolute atomic E-state index is 0.391. The molecule has 0 atom stereocenters. The highest BCUT2D eigenvalue weighted by Gasteiger charge is 2.07. The Balaban J connectivity index is 1.94. The lowest BCUT2D eigenvalue weighted by atomic mass is 10.2. The van der Waals surface area contributed by atoms with Gasteiger partial charge in [0.25, 0.3) is 0 Å². The predicted molar refractivity (Wildman–Crippen MR) is 73.3 cm³/mol. The van der Waals surface area contributed by atoms with Crippen molar-refractivity contribution in [1.82, 2.24) is 9.36 Å². The number of nitrogens with one attached hydrogen (secondary N) is 1. The second kappa shape index (κ2) is 5.25. The molecule has 0 aliphatic rings. The molecular formula is C10H12BrN3S2. The van der Waals surface area contributed by atoms with Gasteiger partial charge in [-0.2, -0.15) is 4.37 Å². The molecule has 0 saturated heterocycles. The zero-order chi connectivity index (χ0) is 11.5. The Morgan fingerprint density at radius 3 is 2.81 bits per heavy atom. The fourth-order valence-electron chi connectivity index (χ4n) is 1.15. The maximum absolute atomic E-state index is 4.42. The van der Waals surface area contributed by atoms with E-state index in [9.17, 15) is 0 Å². The Bertz CT molecular complexity index is 464. The van der Waals surface area contributed by atoms with E-state index in [-0.39, 0.29) is 0 Å². The van der Waals surface area contributed by atoms with Crippen LogP contribution in [0.5, 0.6) is 0 Å². The van der Waals surface area contributed by atoms with Gasteiger partial charge in [-0.3, -0.25) is 0 Å². The Morgan fingerprint density at radius 2 is 2.25 bits per heavy atom. The van der Waals surface area contributed by atoms with Gasteiger partial charge < -0.3 is 5.32 Å². The van der Waals surface area contributed by atoms with E-state index in [1.807, 2.05) is 0 Å². The molecule has 2 aromatic rings. The van der Waals surface area contributed by atoms with E-state index in [4.69, 9.17) is 0 Å². The van der Waals surface area contributed by atoms with Gasteiger partial charge in [0, 0.05) is 22.3 Å². The molecule has 16 heavy (non-hydrogen) atoms. The van der Waals surface area contributed by atoms with Crippen LogP contribution in [0, 0.1) is 0 Å². The second-order valence-electron chi connectivity index (χ2n) is 3.67. The molecule has 0 aromatic carbocycles. The second-order valence-corrected chi connectivity index (χ2v) is 6.97. The molecule has 0 spiro atoms. The van der Waals surface area contributed by atoms with Crippen molar-refractivity contribution in [2.75, 3.05) is 5.32 Å². The van der Waals surface area contributed by atoms with Crippen LogP contribution in [0.1, 0.15) is 30.5 Å². The quantitative estimate of drug-likeness (QED) is 0.922. The SMILES string of the molecule is CC(C)c1nsc(NCc2ccc(Br)s2)n1. The van der Waals surface area contributed by atoms with Crippen molar-refractivity contribution < 1.29 is 0 Å². The molecule has 3 nitrogen and oxygen atoms in total. The van der Waals surface area contributed by atoms with Crippen LogP contribution in [0.4, 0.5) is 5.13 Å². The first-order valence-electron chi connectivity index (χ1n) is 4.97. The number of thiophene rings is 1. The fourth-order valence-corrected chi connectivity index (χ4v) is 3.28. The number of anilines is 1. The number of hydrogen-bond acceptors (Lipinski definition) is 5. The lowest BCUT2D eigenvalue weighted by molar-refractivity contribution is 0.799. The molecule has 2 heterocycles. The van der Waals surface area contributed by atoms with E-state index in [1.54, 1.807) is 11.3 Å². The molecule has 2 rings (SSSR count). The summed E-state index contributed by atoms with van der Waals surface area (Å²) in [5, 5.41) is 4.18. The highest BCUT2D eigenvalue weighted by Crippen LogP contribution is 2.23. The van der Waals surface area contributed by atoms with Gasteiger partial charge in [-0.25, -0.2) is 4.98 Å². The van der Waals surface area contributed by atoms with Gasteiger partial charge in [-0.1, -0.05) is 13.8 Å². The number of rotatable bonds is 4. The van der Waals surface area contributed by atoms with Gasteiger partial charge >= 0.3 is 0 Å². The highest BCUT2D eigenvalue weighted by molar-refractivity contribution is 9.11. The molecular weight excluding hydrogens is 306 g/mol. The number of nitrogens with zero attached hydrogens (tertiary/aromatic N) is 2. The molecule has 0 saturated carbocycles. The highest BCUT2D eigenvalue weighted by atomic mass is 79.9. The molecule has 0 amide bonds. The summed E-state index contributed by atoms with van der Waals surface area (Å²) in [6.07, 6.45) is 0. The monoisotopic (exact) mass is 317 g/mol. The number of hydrogen-bond donors (Lipinski definition) is 1. The summed E-state index contributed by atoms with van der Waals surface area (Å²) in [6, 6.07) is 4.16. The number of halogens is 1. The van der Waals surface area contributed by atoms with Crippen LogP contribution in [0.15, 0.2) is 15.9 Å². The van der Waals surface area contributed by atoms with Gasteiger partial charge in [0.15, 0.2) is 0 Å². The van der Waals surface area contributed by atoms with Crippen molar-refractivity contribution in [2.24, 2.45) is 0 Å². The van der Waals surface area contributed by atoms with Gasteiger partial charge in [-0.15, -0.1) is 11.3 Å². The first-order chi connectivity index (χ1) is 7.65. The van der Waals surface area contributed by atoms with Crippen molar-refractivity contribution in [3.05, 3.63) is 26.6 Å². The van der Waals surface area contributed by atoms with E-state index >= 15 is 0 Å². The zero-order valence-corrected chi connectivity index (χ0v) is 12.2. The lowest BCUT2D eigenvalue weighted by Crippen LogP contribution is -1.97. The lowest BCUT2D eigenvalue weighted by Gasteiger charge is -1.98. The van der Waals surface area contributed by atoms with Gasteiger partial charge in [-0.05, 0) is 28.1 Å². The van der Waals surface area contributed by atoms with Crippen molar-refractivity contribution >= 4 is 43.9 Å². The molecule has 2 aromatic heterocycles. The maximum atomic E-state index is 4.42. The van der Waals surface area contributed by atoms with Crippen LogP contribution in [-0.2, 0) is 6.54 Å². The molecule has 0 radical (unpaired) electrons. The first-order valence-corrected chi connectivity index (χ1v) is 7.35. The fraction of sp³-hybridized carbons (Fsp3) is 0.400. The summed E-state index contributed by atoms with van der Waals surface area (Å²) in [5.74, 6) is 1.31. The van der Waals surface area contributed by atoms with Crippen molar-refractivity contribution in [2.45, 2.75) is 26.3 Å². The Kier molecular flexibility index (Phi) is 3.94. The largest absolute Gasteiger partial charge is 0.355 e.